The molecule has 2 N–H and O–H groups in total. The summed E-state index contributed by atoms with van der Waals surface area (Å²) in [6.07, 6.45) is 5.08. The fourth-order valence-electron chi connectivity index (χ4n) is 1.30. The molecule has 0 aromatic carbocycles. The Hall–Kier alpha value is -0.0800. The summed E-state index contributed by atoms with van der Waals surface area (Å²) in [6, 6.07) is 0. The van der Waals surface area contributed by atoms with Crippen LogP contribution in [-0.2, 0) is 4.74 Å². The summed E-state index contributed by atoms with van der Waals surface area (Å²) in [6.45, 7) is 10.0. The highest BCUT2D eigenvalue weighted by Crippen LogP contribution is 2.16. The molecule has 14 heavy (non-hydrogen) atoms. The molecule has 0 aromatic heterocycles. The van der Waals surface area contributed by atoms with Gasteiger partial charge in [-0.2, -0.15) is 0 Å². The molecule has 0 fully saturated rings. The molecule has 2 heteroatoms. The number of ether oxygens (including phenoxy) is 1. The van der Waals surface area contributed by atoms with Gasteiger partial charge in [0.15, 0.2) is 0 Å². The highest BCUT2D eigenvalue weighted by Gasteiger charge is 2.17. The maximum atomic E-state index is 5.80. The van der Waals surface area contributed by atoms with Crippen molar-refractivity contribution in [3.05, 3.63) is 0 Å². The molecule has 0 spiro atoms. The van der Waals surface area contributed by atoms with E-state index in [0.717, 1.165) is 6.61 Å². The second-order valence-corrected chi connectivity index (χ2v) is 4.69. The van der Waals surface area contributed by atoms with Crippen molar-refractivity contribution in [2.24, 2.45) is 11.7 Å². The topological polar surface area (TPSA) is 35.2 Å². The van der Waals surface area contributed by atoms with Crippen LogP contribution in [0.3, 0.4) is 0 Å². The Morgan fingerprint density at radius 2 is 1.93 bits per heavy atom. The van der Waals surface area contributed by atoms with Gasteiger partial charge in [-0.3, -0.25) is 0 Å². The van der Waals surface area contributed by atoms with Crippen molar-refractivity contribution < 1.29 is 4.74 Å². The van der Waals surface area contributed by atoms with Crippen LogP contribution in [0, 0.1) is 5.92 Å². The van der Waals surface area contributed by atoms with Gasteiger partial charge in [-0.25, -0.2) is 0 Å². The van der Waals surface area contributed by atoms with Gasteiger partial charge in [0.2, 0.25) is 0 Å². The normalized spacial score (nSPS) is 14.4. The molecule has 0 aliphatic rings. The van der Waals surface area contributed by atoms with Gasteiger partial charge in [-0.1, -0.05) is 33.1 Å². The zero-order chi connectivity index (χ0) is 11.0. The average Bonchev–Trinajstić information content (AvgIpc) is 2.18. The van der Waals surface area contributed by atoms with Crippen molar-refractivity contribution in [2.75, 3.05) is 13.2 Å². The molecule has 0 amide bonds. The zero-order valence-corrected chi connectivity index (χ0v) is 10.3. The Labute approximate surface area is 89.2 Å². The maximum absolute atomic E-state index is 5.80. The summed E-state index contributed by atoms with van der Waals surface area (Å²) in [5.74, 6) is 0.709. The Balaban J connectivity index is 3.71. The summed E-state index contributed by atoms with van der Waals surface area (Å²) in [5, 5.41) is 0. The molecule has 0 radical (unpaired) electrons. The van der Waals surface area contributed by atoms with Crippen molar-refractivity contribution in [1.82, 2.24) is 0 Å². The summed E-state index contributed by atoms with van der Waals surface area (Å²) in [4.78, 5) is 0. The first-order valence-corrected chi connectivity index (χ1v) is 5.89. The molecule has 86 valence electrons. The predicted molar refractivity (Wildman–Crippen MR) is 62.4 cm³/mol. The summed E-state index contributed by atoms with van der Waals surface area (Å²) < 4.78 is 5.80. The fraction of sp³-hybridized carbons (Fsp3) is 1.00. The summed E-state index contributed by atoms with van der Waals surface area (Å²) >= 11 is 0. The molecular formula is C12H27NO. The minimum atomic E-state index is -0.153. The molecule has 0 aliphatic carbocycles. The van der Waals surface area contributed by atoms with Crippen LogP contribution in [0.25, 0.3) is 0 Å². The Kier molecular flexibility index (Phi) is 7.20. The molecule has 0 heterocycles. The number of unbranched alkanes of at least 4 members (excludes halogenated alkanes) is 1. The molecule has 1 unspecified atom stereocenters. The first kappa shape index (κ1) is 13.9. The highest BCUT2D eigenvalue weighted by molar-refractivity contribution is 4.70. The van der Waals surface area contributed by atoms with Crippen LogP contribution in [0.15, 0.2) is 0 Å². The van der Waals surface area contributed by atoms with E-state index >= 15 is 0 Å². The molecule has 0 aliphatic heterocycles. The molecule has 0 aromatic rings. The third-order valence-corrected chi connectivity index (χ3v) is 2.74. The third kappa shape index (κ3) is 6.39. The molecule has 0 saturated carbocycles. The van der Waals surface area contributed by atoms with Crippen molar-refractivity contribution in [3.63, 3.8) is 0 Å². The molecular weight excluding hydrogens is 174 g/mol. The minimum absolute atomic E-state index is 0.153. The molecule has 0 bridgehead atoms. The van der Waals surface area contributed by atoms with Crippen molar-refractivity contribution in [3.8, 4) is 0 Å². The van der Waals surface area contributed by atoms with Gasteiger partial charge < -0.3 is 10.5 Å². The first-order valence-electron chi connectivity index (χ1n) is 5.89. The van der Waals surface area contributed by atoms with Gasteiger partial charge in [0, 0.05) is 6.54 Å². The predicted octanol–water partition coefficient (Wildman–Crippen LogP) is 2.96. The van der Waals surface area contributed by atoms with Gasteiger partial charge in [0.1, 0.15) is 0 Å². The Morgan fingerprint density at radius 3 is 2.36 bits per heavy atom. The van der Waals surface area contributed by atoms with E-state index in [1.165, 1.54) is 25.7 Å². The highest BCUT2D eigenvalue weighted by atomic mass is 16.5. The van der Waals surface area contributed by atoms with E-state index in [-0.39, 0.29) is 5.60 Å². The fourth-order valence-corrected chi connectivity index (χ4v) is 1.30. The van der Waals surface area contributed by atoms with E-state index in [1.54, 1.807) is 0 Å². The molecule has 0 rings (SSSR count). The lowest BCUT2D eigenvalue weighted by molar-refractivity contribution is -0.0308. The van der Waals surface area contributed by atoms with Gasteiger partial charge in [-0.05, 0) is 26.2 Å². The maximum Gasteiger partial charge on any atom is 0.0748 e. The lowest BCUT2D eigenvalue weighted by atomic mass is 10.00. The van der Waals surface area contributed by atoms with Gasteiger partial charge in [0.05, 0.1) is 12.2 Å². The smallest absolute Gasteiger partial charge is 0.0748 e. The Bertz CT molecular complexity index is 134. The van der Waals surface area contributed by atoms with E-state index in [0.29, 0.717) is 12.5 Å². The minimum Gasteiger partial charge on any atom is -0.374 e. The number of rotatable bonds is 8. The summed E-state index contributed by atoms with van der Waals surface area (Å²) in [5.41, 5.74) is 5.46. The number of hydrogen-bond donors (Lipinski definition) is 1. The summed E-state index contributed by atoms with van der Waals surface area (Å²) in [7, 11) is 0. The van der Waals surface area contributed by atoms with Gasteiger partial charge in [0.25, 0.3) is 0 Å². The average molecular weight is 201 g/mol. The van der Waals surface area contributed by atoms with Crippen molar-refractivity contribution >= 4 is 0 Å². The third-order valence-electron chi connectivity index (χ3n) is 2.74. The second kappa shape index (κ2) is 7.24. The number of nitrogens with two attached hydrogens (primary N) is 1. The first-order chi connectivity index (χ1) is 6.55. The molecule has 2 nitrogen and oxygen atoms in total. The SMILES string of the molecule is CCCCC(CC)COC(C)(C)CN. The second-order valence-electron chi connectivity index (χ2n) is 4.69. The van der Waals surface area contributed by atoms with Crippen molar-refractivity contribution in [1.29, 1.82) is 0 Å². The van der Waals surface area contributed by atoms with Gasteiger partial charge >= 0.3 is 0 Å². The quantitative estimate of drug-likeness (QED) is 0.655. The van der Waals surface area contributed by atoms with Crippen LogP contribution in [0.2, 0.25) is 0 Å². The van der Waals surface area contributed by atoms with E-state index in [2.05, 4.69) is 27.7 Å². The standard InChI is InChI=1S/C12H27NO/c1-5-7-8-11(6-2)9-14-12(3,4)10-13/h11H,5-10,13H2,1-4H3. The van der Waals surface area contributed by atoms with E-state index in [9.17, 15) is 0 Å². The number of hydrogen-bond acceptors (Lipinski definition) is 2. The lowest BCUT2D eigenvalue weighted by Crippen LogP contribution is -2.35. The monoisotopic (exact) mass is 201 g/mol. The van der Waals surface area contributed by atoms with Crippen LogP contribution >= 0.6 is 0 Å². The molecule has 0 saturated heterocycles. The van der Waals surface area contributed by atoms with Crippen LogP contribution in [-0.4, -0.2) is 18.8 Å². The van der Waals surface area contributed by atoms with Crippen LogP contribution in [0.5, 0.6) is 0 Å². The Morgan fingerprint density at radius 1 is 1.29 bits per heavy atom. The van der Waals surface area contributed by atoms with Gasteiger partial charge in [-0.15, -0.1) is 0 Å². The van der Waals surface area contributed by atoms with E-state index < -0.39 is 0 Å². The van der Waals surface area contributed by atoms with E-state index in [4.69, 9.17) is 10.5 Å². The molecule has 1 atom stereocenters. The van der Waals surface area contributed by atoms with Crippen LogP contribution in [0.4, 0.5) is 0 Å². The zero-order valence-electron chi connectivity index (χ0n) is 10.3. The largest absolute Gasteiger partial charge is 0.374 e. The van der Waals surface area contributed by atoms with Crippen LogP contribution in [0.1, 0.15) is 53.4 Å². The van der Waals surface area contributed by atoms with Crippen molar-refractivity contribution in [2.45, 2.75) is 59.0 Å². The lowest BCUT2D eigenvalue weighted by Gasteiger charge is -2.26. The van der Waals surface area contributed by atoms with E-state index in [1.807, 2.05) is 0 Å². The van der Waals surface area contributed by atoms with Crippen LogP contribution < -0.4 is 5.73 Å².